The molecule has 0 atom stereocenters. The third-order valence-corrected chi connectivity index (χ3v) is 20.1. The molecule has 3 aliphatic carbocycles. The van der Waals surface area contributed by atoms with Gasteiger partial charge in [0.05, 0.1) is 0 Å². The molecule has 12 rings (SSSR count). The highest BCUT2D eigenvalue weighted by molar-refractivity contribution is 7.01. The molecular weight excluding hydrogens is 908 g/mol. The molecule has 0 unspecified atom stereocenters. The standard InChI is InChI=1S/C71H85BN2O/c1-64(2,3)45-24-27-57-56(35-45)72-61-49-40-54-55(71(17,18)33-32-70(54,15)16)41-60(49)75-63(61)74(47-25-26-50-52(38-47)68(11,12)29-28-66(50,7)8)59-37-46(65(4,5)6)36-58(62(59)72)73(57)42-44-34-51-53(69(13,14)31-30-67(51,9)10)39-48(44)43-22-20-19-21-23-43/h19-27,34-41H,28-33,42H2,1-18H3. The summed E-state index contributed by atoms with van der Waals surface area (Å²) in [5.74, 6) is 0.969. The lowest BCUT2D eigenvalue weighted by atomic mass is 9.33. The van der Waals surface area contributed by atoms with Crippen LogP contribution in [0, 0.1) is 0 Å². The summed E-state index contributed by atoms with van der Waals surface area (Å²) in [6.45, 7) is 44.6. The van der Waals surface area contributed by atoms with E-state index in [0.29, 0.717) is 0 Å². The molecule has 0 fully saturated rings. The fourth-order valence-corrected chi connectivity index (χ4v) is 14.5. The molecule has 0 spiro atoms. The first kappa shape index (κ1) is 50.3. The molecule has 0 saturated heterocycles. The van der Waals surface area contributed by atoms with Gasteiger partial charge in [-0.1, -0.05) is 179 Å². The molecule has 3 nitrogen and oxygen atoms in total. The third kappa shape index (κ3) is 7.77. The molecule has 0 bridgehead atoms. The van der Waals surface area contributed by atoms with Crippen LogP contribution in [0.1, 0.15) is 213 Å². The zero-order valence-corrected chi connectivity index (χ0v) is 49.1. The second-order valence-corrected chi connectivity index (χ2v) is 30.2. The number of hydrogen-bond donors (Lipinski definition) is 0. The van der Waals surface area contributed by atoms with Crippen LogP contribution in [-0.4, -0.2) is 6.71 Å². The molecule has 5 aliphatic rings. The topological polar surface area (TPSA) is 19.6 Å². The van der Waals surface area contributed by atoms with Crippen LogP contribution in [-0.2, 0) is 49.9 Å². The summed E-state index contributed by atoms with van der Waals surface area (Å²) in [6, 6.07) is 41.7. The molecule has 0 radical (unpaired) electrons. The van der Waals surface area contributed by atoms with Gasteiger partial charge in [0.2, 0.25) is 5.88 Å². The molecule has 2 aliphatic heterocycles. The maximum absolute atomic E-state index is 7.70. The van der Waals surface area contributed by atoms with E-state index >= 15 is 0 Å². The first-order valence-corrected chi connectivity index (χ1v) is 28.8. The minimum Gasteiger partial charge on any atom is -0.440 e. The maximum Gasteiger partial charge on any atom is 0.257 e. The number of hydrogen-bond acceptors (Lipinski definition) is 3. The third-order valence-electron chi connectivity index (χ3n) is 20.1. The average Bonchev–Trinajstić information content (AvgIpc) is 3.71. The molecular formula is C71H85BN2O. The summed E-state index contributed by atoms with van der Waals surface area (Å²) in [5, 5.41) is 1.26. The van der Waals surface area contributed by atoms with Crippen LogP contribution in [0.4, 0.5) is 28.6 Å². The summed E-state index contributed by atoms with van der Waals surface area (Å²) in [5.41, 5.74) is 25.8. The Balaban J connectivity index is 1.20. The van der Waals surface area contributed by atoms with Gasteiger partial charge in [0.15, 0.2) is 0 Å². The zero-order chi connectivity index (χ0) is 53.5. The van der Waals surface area contributed by atoms with Gasteiger partial charge in [-0.25, -0.2) is 0 Å². The second kappa shape index (κ2) is 16.0. The van der Waals surface area contributed by atoms with Crippen molar-refractivity contribution in [2.75, 3.05) is 9.80 Å². The van der Waals surface area contributed by atoms with E-state index in [9.17, 15) is 0 Å². The van der Waals surface area contributed by atoms with Crippen molar-refractivity contribution >= 4 is 62.7 Å². The fraction of sp³-hybridized carbons (Fsp3) is 0.465. The van der Waals surface area contributed by atoms with Crippen LogP contribution in [0.2, 0.25) is 0 Å². The lowest BCUT2D eigenvalue weighted by Gasteiger charge is -2.45. The van der Waals surface area contributed by atoms with E-state index in [1.54, 1.807) is 0 Å². The average molecular weight is 993 g/mol. The van der Waals surface area contributed by atoms with Crippen molar-refractivity contribution in [2.45, 2.75) is 213 Å². The maximum atomic E-state index is 7.70. The molecule has 7 aromatic rings. The first-order valence-electron chi connectivity index (χ1n) is 28.8. The molecule has 0 saturated carbocycles. The molecule has 6 aromatic carbocycles. The Morgan fingerprint density at radius 1 is 0.467 bits per heavy atom. The highest BCUT2D eigenvalue weighted by Crippen LogP contribution is 2.54. The van der Waals surface area contributed by atoms with Gasteiger partial charge >= 0.3 is 0 Å². The van der Waals surface area contributed by atoms with Gasteiger partial charge in [-0.3, -0.25) is 4.90 Å². The van der Waals surface area contributed by atoms with Crippen LogP contribution in [0.25, 0.3) is 22.1 Å². The van der Waals surface area contributed by atoms with Gasteiger partial charge in [-0.05, 0) is 202 Å². The molecule has 388 valence electrons. The Kier molecular flexibility index (Phi) is 10.8. The lowest BCUT2D eigenvalue weighted by molar-refractivity contribution is 0.331. The summed E-state index contributed by atoms with van der Waals surface area (Å²) in [6.07, 6.45) is 7.01. The minimum atomic E-state index is -0.141. The van der Waals surface area contributed by atoms with E-state index in [-0.39, 0.29) is 50.0 Å². The number of fused-ring (bicyclic) bond motifs is 9. The van der Waals surface area contributed by atoms with Crippen LogP contribution in [0.5, 0.6) is 0 Å². The van der Waals surface area contributed by atoms with Crippen molar-refractivity contribution in [1.29, 1.82) is 0 Å². The van der Waals surface area contributed by atoms with Crippen molar-refractivity contribution in [2.24, 2.45) is 0 Å². The Morgan fingerprint density at radius 2 is 0.987 bits per heavy atom. The van der Waals surface area contributed by atoms with E-state index < -0.39 is 0 Å². The molecule has 75 heavy (non-hydrogen) atoms. The summed E-state index contributed by atoms with van der Waals surface area (Å²) >= 11 is 0. The number of rotatable bonds is 4. The SMILES string of the molecule is CC(C)(C)c1ccc2c(c1)B1c3c(cc(C(C)(C)C)cc3N(c3ccc4c(c3)C(C)(C)CCC4(C)C)c3oc4cc5c(cc4c31)C(C)(C)CCC5(C)C)N2Cc1cc2c(cc1-c1ccccc1)C(C)(C)CCC2(C)C. The van der Waals surface area contributed by atoms with Gasteiger partial charge in [0, 0.05) is 40.1 Å². The van der Waals surface area contributed by atoms with Crippen LogP contribution >= 0.6 is 0 Å². The zero-order valence-electron chi connectivity index (χ0n) is 49.1. The van der Waals surface area contributed by atoms with Crippen molar-refractivity contribution in [3.8, 4) is 11.1 Å². The number of nitrogens with zero attached hydrogens (tertiary/aromatic N) is 2. The molecule has 3 heterocycles. The minimum absolute atomic E-state index is 0.0347. The normalized spacial score (nSPS) is 20.2. The monoisotopic (exact) mass is 993 g/mol. The van der Waals surface area contributed by atoms with Crippen LogP contribution < -0.4 is 26.2 Å². The smallest absolute Gasteiger partial charge is 0.257 e. The van der Waals surface area contributed by atoms with E-state index in [4.69, 9.17) is 4.42 Å². The van der Waals surface area contributed by atoms with Crippen LogP contribution in [0.3, 0.4) is 0 Å². The second-order valence-electron chi connectivity index (χ2n) is 30.2. The Labute approximate surface area is 452 Å². The Bertz CT molecular complexity index is 3510. The highest BCUT2D eigenvalue weighted by Gasteiger charge is 2.49. The molecule has 0 amide bonds. The number of benzene rings is 6. The first-order chi connectivity index (χ1) is 34.9. The Morgan fingerprint density at radius 3 is 1.57 bits per heavy atom. The van der Waals surface area contributed by atoms with Crippen molar-refractivity contribution in [3.05, 3.63) is 153 Å². The lowest BCUT2D eigenvalue weighted by Crippen LogP contribution is -2.61. The van der Waals surface area contributed by atoms with E-state index in [1.165, 1.54) is 125 Å². The fourth-order valence-electron chi connectivity index (χ4n) is 14.5. The quantitative estimate of drug-likeness (QED) is 0.164. The van der Waals surface area contributed by atoms with Gasteiger partial charge in [-0.15, -0.1) is 0 Å². The summed E-state index contributed by atoms with van der Waals surface area (Å²) in [7, 11) is 0. The van der Waals surface area contributed by atoms with Crippen molar-refractivity contribution in [3.63, 3.8) is 0 Å². The van der Waals surface area contributed by atoms with Crippen LogP contribution in [0.15, 0.2) is 108 Å². The molecule has 0 N–H and O–H groups in total. The highest BCUT2D eigenvalue weighted by atomic mass is 16.4. The van der Waals surface area contributed by atoms with Gasteiger partial charge in [0.1, 0.15) is 5.58 Å². The molecule has 4 heteroatoms. The summed E-state index contributed by atoms with van der Waals surface area (Å²) in [4.78, 5) is 5.34. The largest absolute Gasteiger partial charge is 0.440 e. The number of furan rings is 1. The number of anilines is 5. The van der Waals surface area contributed by atoms with E-state index in [1.807, 2.05) is 0 Å². The van der Waals surface area contributed by atoms with E-state index in [2.05, 4.69) is 238 Å². The van der Waals surface area contributed by atoms with E-state index in [0.717, 1.165) is 37.3 Å². The van der Waals surface area contributed by atoms with Gasteiger partial charge in [-0.2, -0.15) is 0 Å². The summed E-state index contributed by atoms with van der Waals surface area (Å²) < 4.78 is 7.70. The van der Waals surface area contributed by atoms with Crippen molar-refractivity contribution in [1.82, 2.24) is 0 Å². The predicted molar refractivity (Wildman–Crippen MR) is 323 cm³/mol. The molecule has 1 aromatic heterocycles. The van der Waals surface area contributed by atoms with Gasteiger partial charge < -0.3 is 9.32 Å². The Hall–Kier alpha value is -5.48. The van der Waals surface area contributed by atoms with Crippen molar-refractivity contribution < 1.29 is 4.42 Å². The predicted octanol–water partition coefficient (Wildman–Crippen LogP) is 17.7. The van der Waals surface area contributed by atoms with Gasteiger partial charge in [0.25, 0.3) is 6.71 Å².